The van der Waals surface area contributed by atoms with Crippen LogP contribution in [-0.2, 0) is 12.7 Å². The fourth-order valence-electron chi connectivity index (χ4n) is 1.68. The Morgan fingerprint density at radius 1 is 1.38 bits per heavy atom. The van der Waals surface area contributed by atoms with Crippen molar-refractivity contribution in [2.24, 2.45) is 0 Å². The van der Waals surface area contributed by atoms with Gasteiger partial charge in [0.05, 0.1) is 16.4 Å². The van der Waals surface area contributed by atoms with Gasteiger partial charge in [0, 0.05) is 13.0 Å². The van der Waals surface area contributed by atoms with Crippen LogP contribution in [0, 0.1) is 6.92 Å². The quantitative estimate of drug-likeness (QED) is 0.815. The zero-order valence-corrected chi connectivity index (χ0v) is 11.9. The molecular formula is C12H10F3N3O2S. The molecule has 0 saturated heterocycles. The molecule has 0 N–H and O–H groups in total. The predicted molar refractivity (Wildman–Crippen MR) is 69.5 cm³/mol. The van der Waals surface area contributed by atoms with Crippen molar-refractivity contribution in [3.63, 3.8) is 0 Å². The zero-order valence-electron chi connectivity index (χ0n) is 11.1. The number of hydrogen-bond acceptors (Lipinski definition) is 5. The van der Waals surface area contributed by atoms with Gasteiger partial charge in [-0.15, -0.1) is 11.3 Å². The molecule has 5 nitrogen and oxygen atoms in total. The van der Waals surface area contributed by atoms with Crippen molar-refractivity contribution in [1.82, 2.24) is 14.8 Å². The van der Waals surface area contributed by atoms with Crippen LogP contribution in [0.5, 0.6) is 0 Å². The number of aromatic nitrogens is 3. The van der Waals surface area contributed by atoms with Crippen LogP contribution < -0.4 is 5.56 Å². The van der Waals surface area contributed by atoms with Gasteiger partial charge in [0.25, 0.3) is 5.56 Å². The Hall–Kier alpha value is -2.03. The Morgan fingerprint density at radius 2 is 2.05 bits per heavy atom. The molecular weight excluding hydrogens is 307 g/mol. The van der Waals surface area contributed by atoms with E-state index in [1.54, 1.807) is 0 Å². The number of carbonyl (C=O) groups excluding carboxylic acids is 1. The van der Waals surface area contributed by atoms with E-state index in [0.29, 0.717) is 0 Å². The summed E-state index contributed by atoms with van der Waals surface area (Å²) in [6, 6.07) is 2.34. The summed E-state index contributed by atoms with van der Waals surface area (Å²) in [5, 5.41) is 4.01. The summed E-state index contributed by atoms with van der Waals surface area (Å²) in [7, 11) is 0. The van der Waals surface area contributed by atoms with Gasteiger partial charge in [-0.25, -0.2) is 9.67 Å². The third kappa shape index (κ3) is 3.35. The first-order chi connectivity index (χ1) is 9.68. The summed E-state index contributed by atoms with van der Waals surface area (Å²) in [5.74, 6) is -0.375. The van der Waals surface area contributed by atoms with Crippen molar-refractivity contribution >= 4 is 17.1 Å². The highest BCUT2D eigenvalue weighted by Gasteiger charge is 2.37. The van der Waals surface area contributed by atoms with E-state index in [2.05, 4.69) is 10.1 Å². The molecule has 0 unspecified atom stereocenters. The molecule has 0 aliphatic carbocycles. The van der Waals surface area contributed by atoms with Crippen LogP contribution in [-0.4, -0.2) is 20.5 Å². The van der Waals surface area contributed by atoms with Crippen molar-refractivity contribution in [1.29, 1.82) is 0 Å². The topological polar surface area (TPSA) is 64.8 Å². The van der Waals surface area contributed by atoms with E-state index in [-0.39, 0.29) is 27.9 Å². The summed E-state index contributed by atoms with van der Waals surface area (Å²) < 4.78 is 39.4. The van der Waals surface area contributed by atoms with E-state index in [1.807, 2.05) is 0 Å². The van der Waals surface area contributed by atoms with Gasteiger partial charge in [-0.05, 0) is 13.0 Å². The van der Waals surface area contributed by atoms with Gasteiger partial charge in [-0.2, -0.15) is 18.3 Å². The smallest absolute Gasteiger partial charge is 0.293 e. The second kappa shape index (κ2) is 5.40. The van der Waals surface area contributed by atoms with Gasteiger partial charge < -0.3 is 0 Å². The highest BCUT2D eigenvalue weighted by atomic mass is 32.1. The molecule has 0 aromatic carbocycles. The number of halogens is 3. The summed E-state index contributed by atoms with van der Waals surface area (Å²) in [6.07, 6.45) is -4.60. The first-order valence-corrected chi connectivity index (χ1v) is 6.62. The van der Waals surface area contributed by atoms with E-state index < -0.39 is 17.4 Å². The van der Waals surface area contributed by atoms with Crippen LogP contribution in [0.1, 0.15) is 33.0 Å². The van der Waals surface area contributed by atoms with Crippen molar-refractivity contribution in [3.8, 4) is 0 Å². The van der Waals surface area contributed by atoms with Gasteiger partial charge in [0.1, 0.15) is 5.69 Å². The number of alkyl halides is 3. The van der Waals surface area contributed by atoms with Crippen molar-refractivity contribution < 1.29 is 18.0 Å². The van der Waals surface area contributed by atoms with Crippen LogP contribution in [0.4, 0.5) is 13.2 Å². The second-order valence-corrected chi connectivity index (χ2v) is 5.56. The number of Topliss-reactive ketones (excluding diaryl/α,β-unsaturated/α-hetero) is 1. The Balaban J connectivity index is 2.46. The van der Waals surface area contributed by atoms with Gasteiger partial charge in [-0.3, -0.25) is 9.59 Å². The van der Waals surface area contributed by atoms with Crippen LogP contribution in [0.3, 0.4) is 0 Å². The minimum Gasteiger partial charge on any atom is -0.293 e. The number of carbonyl (C=O) groups is 1. The highest BCUT2D eigenvalue weighted by molar-refractivity contribution is 7.11. The van der Waals surface area contributed by atoms with Gasteiger partial charge in [0.2, 0.25) is 0 Å². The summed E-state index contributed by atoms with van der Waals surface area (Å²) in [4.78, 5) is 26.2. The fraction of sp³-hybridized carbons (Fsp3) is 0.333. The largest absolute Gasteiger partial charge is 0.434 e. The Kier molecular flexibility index (Phi) is 3.95. The number of nitrogens with zero attached hydrogens (tertiary/aromatic N) is 3. The maximum absolute atomic E-state index is 12.9. The van der Waals surface area contributed by atoms with Crippen LogP contribution in [0.25, 0.3) is 0 Å². The van der Waals surface area contributed by atoms with E-state index in [9.17, 15) is 22.8 Å². The molecule has 0 bridgehead atoms. The summed E-state index contributed by atoms with van der Waals surface area (Å²) in [5.41, 5.74) is -1.59. The molecule has 112 valence electrons. The SMILES string of the molecule is CC(=O)c1ccc(=O)n(Cc2sc(C)nc2C(F)(F)F)n1. The van der Waals surface area contributed by atoms with Crippen LogP contribution >= 0.6 is 11.3 Å². The number of aryl methyl sites for hydroxylation is 1. The highest BCUT2D eigenvalue weighted by Crippen LogP contribution is 2.34. The first-order valence-electron chi connectivity index (χ1n) is 5.81. The van der Waals surface area contributed by atoms with E-state index in [0.717, 1.165) is 22.1 Å². The molecule has 0 aliphatic heterocycles. The average Bonchev–Trinajstić information content (AvgIpc) is 2.72. The molecule has 0 aliphatic rings. The van der Waals surface area contributed by atoms with Crippen LogP contribution in [0.2, 0.25) is 0 Å². The van der Waals surface area contributed by atoms with Crippen molar-refractivity contribution in [2.45, 2.75) is 26.6 Å². The normalized spacial score (nSPS) is 11.7. The maximum Gasteiger partial charge on any atom is 0.434 e. The number of thiazole rings is 1. The van der Waals surface area contributed by atoms with Crippen molar-refractivity contribution in [3.05, 3.63) is 43.8 Å². The lowest BCUT2D eigenvalue weighted by Crippen LogP contribution is -2.25. The fourth-order valence-corrected chi connectivity index (χ4v) is 2.62. The van der Waals surface area contributed by atoms with Crippen LogP contribution in [0.15, 0.2) is 16.9 Å². The average molecular weight is 317 g/mol. The van der Waals surface area contributed by atoms with Gasteiger partial charge >= 0.3 is 6.18 Å². The molecule has 0 amide bonds. The molecule has 0 spiro atoms. The Morgan fingerprint density at radius 3 is 2.62 bits per heavy atom. The molecule has 2 rings (SSSR count). The number of ketones is 1. The lowest BCUT2D eigenvalue weighted by Gasteiger charge is -2.08. The van der Waals surface area contributed by atoms with Gasteiger partial charge in [0.15, 0.2) is 11.5 Å². The molecule has 2 aromatic heterocycles. The minimum absolute atomic E-state index is 0.0180. The summed E-state index contributed by atoms with van der Waals surface area (Å²) >= 11 is 0.843. The standard InChI is InChI=1S/C12H10F3N3O2S/c1-6(19)8-3-4-10(20)18(17-8)5-9-11(12(13,14)15)16-7(2)21-9/h3-4H,5H2,1-2H3. The maximum atomic E-state index is 12.9. The van der Waals surface area contributed by atoms with Gasteiger partial charge in [-0.1, -0.05) is 0 Å². The molecule has 0 fully saturated rings. The molecule has 0 radical (unpaired) electrons. The third-order valence-corrected chi connectivity index (χ3v) is 3.55. The predicted octanol–water partition coefficient (Wildman–Crippen LogP) is 2.28. The van der Waals surface area contributed by atoms with E-state index in [1.165, 1.54) is 19.9 Å². The Labute approximate surface area is 121 Å². The minimum atomic E-state index is -4.60. The molecule has 2 aromatic rings. The zero-order chi connectivity index (χ0) is 15.8. The molecule has 21 heavy (non-hydrogen) atoms. The molecule has 9 heteroatoms. The molecule has 0 saturated carbocycles. The van der Waals surface area contributed by atoms with E-state index >= 15 is 0 Å². The van der Waals surface area contributed by atoms with Crippen molar-refractivity contribution in [2.75, 3.05) is 0 Å². The number of hydrogen-bond donors (Lipinski definition) is 0. The Bertz CT molecular complexity index is 749. The molecule has 0 atom stereocenters. The summed E-state index contributed by atoms with van der Waals surface area (Å²) in [6.45, 7) is 2.33. The first kappa shape index (κ1) is 15.4. The second-order valence-electron chi connectivity index (χ2n) is 4.27. The lowest BCUT2D eigenvalue weighted by molar-refractivity contribution is -0.141. The number of rotatable bonds is 3. The third-order valence-electron chi connectivity index (χ3n) is 2.59. The monoisotopic (exact) mass is 317 g/mol. The van der Waals surface area contributed by atoms with E-state index in [4.69, 9.17) is 0 Å². The lowest BCUT2D eigenvalue weighted by atomic mass is 10.3. The molecule has 2 heterocycles.